The van der Waals surface area contributed by atoms with Crippen LogP contribution in [-0.4, -0.2) is 20.3 Å². The van der Waals surface area contributed by atoms with Crippen LogP contribution in [0.5, 0.6) is 11.5 Å². The predicted molar refractivity (Wildman–Crippen MR) is 98.2 cm³/mol. The third-order valence-corrected chi connectivity index (χ3v) is 4.71. The third kappa shape index (κ3) is 3.27. The van der Waals surface area contributed by atoms with Gasteiger partial charge in [0.05, 0.1) is 19.8 Å². The van der Waals surface area contributed by atoms with E-state index in [0.29, 0.717) is 12.5 Å². The second-order valence-electron chi connectivity index (χ2n) is 6.58. The lowest BCUT2D eigenvalue weighted by Crippen LogP contribution is -2.31. The van der Waals surface area contributed by atoms with Crippen molar-refractivity contribution in [2.24, 2.45) is 0 Å². The Bertz CT molecular complexity index is 709. The first-order chi connectivity index (χ1) is 11.6. The molecule has 2 aromatic rings. The standard InChI is InChI=1S/C21H27NO2/c1-5-24-17-7-9-19(20(13-17)14(2)3)21-18-8-6-16(23-4)12-15(18)10-11-22-21/h6-9,12-14,21-22H,5,10-11H2,1-4H3. The van der Waals surface area contributed by atoms with Crippen molar-refractivity contribution in [3.8, 4) is 11.5 Å². The van der Waals surface area contributed by atoms with Gasteiger partial charge in [-0.05, 0) is 65.8 Å². The van der Waals surface area contributed by atoms with Gasteiger partial charge in [0.25, 0.3) is 0 Å². The van der Waals surface area contributed by atoms with Gasteiger partial charge in [-0.1, -0.05) is 26.0 Å². The van der Waals surface area contributed by atoms with E-state index in [2.05, 4.69) is 55.6 Å². The summed E-state index contributed by atoms with van der Waals surface area (Å²) < 4.78 is 11.1. The van der Waals surface area contributed by atoms with Crippen molar-refractivity contribution in [3.63, 3.8) is 0 Å². The van der Waals surface area contributed by atoms with Gasteiger partial charge < -0.3 is 14.8 Å². The smallest absolute Gasteiger partial charge is 0.119 e. The van der Waals surface area contributed by atoms with E-state index in [1.54, 1.807) is 7.11 Å². The van der Waals surface area contributed by atoms with E-state index >= 15 is 0 Å². The van der Waals surface area contributed by atoms with Gasteiger partial charge in [-0.25, -0.2) is 0 Å². The van der Waals surface area contributed by atoms with Crippen LogP contribution < -0.4 is 14.8 Å². The molecule has 128 valence electrons. The Labute approximate surface area is 145 Å². The summed E-state index contributed by atoms with van der Waals surface area (Å²) in [4.78, 5) is 0. The van der Waals surface area contributed by atoms with Crippen molar-refractivity contribution >= 4 is 0 Å². The molecule has 3 nitrogen and oxygen atoms in total. The quantitative estimate of drug-likeness (QED) is 0.881. The maximum absolute atomic E-state index is 5.70. The monoisotopic (exact) mass is 325 g/mol. The van der Waals surface area contributed by atoms with Gasteiger partial charge in [0, 0.05) is 6.54 Å². The molecule has 1 unspecified atom stereocenters. The number of nitrogens with one attached hydrogen (secondary N) is 1. The Kier molecular flexibility index (Phi) is 5.10. The van der Waals surface area contributed by atoms with Crippen molar-refractivity contribution < 1.29 is 9.47 Å². The molecule has 0 aromatic heterocycles. The van der Waals surface area contributed by atoms with Gasteiger partial charge >= 0.3 is 0 Å². The Balaban J connectivity index is 2.04. The highest BCUT2D eigenvalue weighted by Gasteiger charge is 2.24. The van der Waals surface area contributed by atoms with E-state index < -0.39 is 0 Å². The Hall–Kier alpha value is -2.00. The minimum absolute atomic E-state index is 0.229. The van der Waals surface area contributed by atoms with Crippen LogP contribution in [0.2, 0.25) is 0 Å². The predicted octanol–water partition coefficient (Wildman–Crippen LogP) is 4.45. The Morgan fingerprint density at radius 2 is 1.83 bits per heavy atom. The summed E-state index contributed by atoms with van der Waals surface area (Å²) in [6.45, 7) is 8.19. The molecule has 3 rings (SSSR count). The summed E-state index contributed by atoms with van der Waals surface area (Å²) in [5.74, 6) is 2.34. The van der Waals surface area contributed by atoms with Crippen LogP contribution >= 0.6 is 0 Å². The molecule has 24 heavy (non-hydrogen) atoms. The topological polar surface area (TPSA) is 30.5 Å². The van der Waals surface area contributed by atoms with Gasteiger partial charge in [0.1, 0.15) is 11.5 Å². The van der Waals surface area contributed by atoms with E-state index in [1.807, 2.05) is 6.92 Å². The van der Waals surface area contributed by atoms with E-state index in [0.717, 1.165) is 24.5 Å². The molecule has 0 spiro atoms. The van der Waals surface area contributed by atoms with Crippen LogP contribution in [0.25, 0.3) is 0 Å². The summed E-state index contributed by atoms with van der Waals surface area (Å²) >= 11 is 0. The molecule has 1 aliphatic heterocycles. The van der Waals surface area contributed by atoms with Crippen molar-refractivity contribution in [1.29, 1.82) is 0 Å². The molecular weight excluding hydrogens is 298 g/mol. The summed E-state index contributed by atoms with van der Waals surface area (Å²) in [7, 11) is 1.73. The zero-order valence-electron chi connectivity index (χ0n) is 15.1. The minimum atomic E-state index is 0.229. The average molecular weight is 325 g/mol. The lowest BCUT2D eigenvalue weighted by atomic mass is 9.85. The zero-order chi connectivity index (χ0) is 17.1. The molecule has 1 heterocycles. The first-order valence-corrected chi connectivity index (χ1v) is 8.80. The van der Waals surface area contributed by atoms with Gasteiger partial charge in [0.15, 0.2) is 0 Å². The average Bonchev–Trinajstić information content (AvgIpc) is 2.61. The van der Waals surface area contributed by atoms with Crippen LogP contribution in [0.4, 0.5) is 0 Å². The summed E-state index contributed by atoms with van der Waals surface area (Å²) in [5.41, 5.74) is 5.43. The molecule has 0 saturated heterocycles. The summed E-state index contributed by atoms with van der Waals surface area (Å²) in [6, 6.07) is 13.2. The second-order valence-corrected chi connectivity index (χ2v) is 6.58. The summed E-state index contributed by atoms with van der Waals surface area (Å²) in [6.07, 6.45) is 1.04. The number of fused-ring (bicyclic) bond motifs is 1. The molecule has 0 aliphatic carbocycles. The molecule has 0 bridgehead atoms. The lowest BCUT2D eigenvalue weighted by Gasteiger charge is -2.30. The fraction of sp³-hybridized carbons (Fsp3) is 0.429. The van der Waals surface area contributed by atoms with Crippen molar-refractivity contribution in [2.75, 3.05) is 20.3 Å². The van der Waals surface area contributed by atoms with Gasteiger partial charge in [-0.2, -0.15) is 0 Å². The molecule has 1 N–H and O–H groups in total. The maximum Gasteiger partial charge on any atom is 0.119 e. The summed E-state index contributed by atoms with van der Waals surface area (Å²) in [5, 5.41) is 3.69. The van der Waals surface area contributed by atoms with Gasteiger partial charge in [-0.15, -0.1) is 0 Å². The molecule has 3 heteroatoms. The van der Waals surface area contributed by atoms with Crippen LogP contribution in [0.3, 0.4) is 0 Å². The van der Waals surface area contributed by atoms with E-state index in [9.17, 15) is 0 Å². The number of hydrogen-bond acceptors (Lipinski definition) is 3. The van der Waals surface area contributed by atoms with Crippen molar-refractivity contribution in [3.05, 3.63) is 58.7 Å². The molecule has 2 aromatic carbocycles. The lowest BCUT2D eigenvalue weighted by molar-refractivity contribution is 0.339. The molecule has 0 amide bonds. The number of methoxy groups -OCH3 is 1. The number of ether oxygens (including phenoxy) is 2. The van der Waals surface area contributed by atoms with Gasteiger partial charge in [-0.3, -0.25) is 0 Å². The highest BCUT2D eigenvalue weighted by molar-refractivity contribution is 5.48. The van der Waals surface area contributed by atoms with Crippen molar-refractivity contribution in [1.82, 2.24) is 5.32 Å². The number of hydrogen-bond donors (Lipinski definition) is 1. The SMILES string of the molecule is CCOc1ccc(C2NCCc3cc(OC)ccc32)c(C(C)C)c1. The molecule has 1 aliphatic rings. The normalized spacial score (nSPS) is 16.8. The molecule has 1 atom stereocenters. The van der Waals surface area contributed by atoms with Gasteiger partial charge in [0.2, 0.25) is 0 Å². The second kappa shape index (κ2) is 7.27. The van der Waals surface area contributed by atoms with Crippen LogP contribution in [-0.2, 0) is 6.42 Å². The zero-order valence-corrected chi connectivity index (χ0v) is 15.1. The maximum atomic E-state index is 5.70. The Morgan fingerprint density at radius 1 is 1.08 bits per heavy atom. The van der Waals surface area contributed by atoms with Crippen LogP contribution in [0, 0.1) is 0 Å². The van der Waals surface area contributed by atoms with Crippen molar-refractivity contribution in [2.45, 2.75) is 39.2 Å². The highest BCUT2D eigenvalue weighted by atomic mass is 16.5. The van der Waals surface area contributed by atoms with E-state index in [-0.39, 0.29) is 6.04 Å². The van der Waals surface area contributed by atoms with E-state index in [1.165, 1.54) is 22.3 Å². The fourth-order valence-electron chi connectivity index (χ4n) is 3.52. The van der Waals surface area contributed by atoms with E-state index in [4.69, 9.17) is 9.47 Å². The van der Waals surface area contributed by atoms with Crippen LogP contribution in [0.15, 0.2) is 36.4 Å². The molecule has 0 radical (unpaired) electrons. The molecule has 0 fully saturated rings. The van der Waals surface area contributed by atoms with Crippen LogP contribution in [0.1, 0.15) is 55.0 Å². The largest absolute Gasteiger partial charge is 0.497 e. The highest BCUT2D eigenvalue weighted by Crippen LogP contribution is 2.36. The number of benzene rings is 2. The first-order valence-electron chi connectivity index (χ1n) is 8.80. The fourth-order valence-corrected chi connectivity index (χ4v) is 3.52. The molecule has 0 saturated carbocycles. The number of rotatable bonds is 5. The molecular formula is C21H27NO2. The Morgan fingerprint density at radius 3 is 2.54 bits per heavy atom. The minimum Gasteiger partial charge on any atom is -0.497 e. The first kappa shape index (κ1) is 16.8. The third-order valence-electron chi connectivity index (χ3n) is 4.71.